The highest BCUT2D eigenvalue weighted by molar-refractivity contribution is 5.33. The number of nitrogens with zero attached hydrogens (tertiary/aromatic N) is 1. The van der Waals surface area contributed by atoms with E-state index in [1.54, 1.807) is 6.08 Å². The first-order valence-electron chi connectivity index (χ1n) is 11.1. The molecule has 0 unspecified atom stereocenters. The average molecular weight is 368 g/mol. The Hall–Kier alpha value is -1.62. The molecule has 2 aliphatic rings. The molecule has 0 atom stereocenters. The van der Waals surface area contributed by atoms with Gasteiger partial charge >= 0.3 is 0 Å². The molecule has 0 heterocycles. The Morgan fingerprint density at radius 1 is 0.889 bits per heavy atom. The first-order valence-corrected chi connectivity index (χ1v) is 11.1. The molecule has 2 saturated carbocycles. The third kappa shape index (κ3) is 5.93. The number of hydrogen-bond acceptors (Lipinski definition) is 1. The summed E-state index contributed by atoms with van der Waals surface area (Å²) in [6, 6.07) is 10.5. The number of unbranched alkanes of at least 4 members (excludes halogenated alkanes) is 2. The van der Waals surface area contributed by atoms with Gasteiger partial charge in [-0.05, 0) is 92.7 Å². The summed E-state index contributed by atoms with van der Waals surface area (Å²) in [7, 11) is 0. The largest absolute Gasteiger partial charge is 0.216 e. The lowest BCUT2D eigenvalue weighted by Gasteiger charge is -2.38. The molecule has 0 N–H and O–H groups in total. The van der Waals surface area contributed by atoms with Gasteiger partial charge in [-0.1, -0.05) is 43.9 Å². The molecule has 0 bridgehead atoms. The van der Waals surface area contributed by atoms with Gasteiger partial charge in [-0.2, -0.15) is 5.26 Å². The van der Waals surface area contributed by atoms with Crippen LogP contribution < -0.4 is 0 Å². The maximum Gasteiger partial charge on any atom is 0.0991 e. The predicted molar refractivity (Wildman–Crippen MR) is 110 cm³/mol. The average Bonchev–Trinajstić information content (AvgIpc) is 2.74. The van der Waals surface area contributed by atoms with Crippen LogP contribution in [0.25, 0.3) is 0 Å². The number of hydrogen-bond donors (Lipinski definition) is 0. The van der Waals surface area contributed by atoms with Crippen LogP contribution in [0.2, 0.25) is 0 Å². The van der Waals surface area contributed by atoms with E-state index in [1.807, 2.05) is 12.1 Å². The van der Waals surface area contributed by atoms with Crippen LogP contribution in [0, 0.1) is 29.1 Å². The smallest absolute Gasteiger partial charge is 0.0991 e. The minimum atomic E-state index is 0.682. The summed E-state index contributed by atoms with van der Waals surface area (Å²) in [4.78, 5) is 0. The van der Waals surface area contributed by atoms with E-state index in [0.29, 0.717) is 12.2 Å². The Bertz CT molecular complexity index is 611. The second-order valence-electron chi connectivity index (χ2n) is 8.77. The highest BCUT2D eigenvalue weighted by atomic mass is 19.1. The normalized spacial score (nSPS) is 28.9. The number of benzene rings is 1. The molecule has 0 aromatic heterocycles. The van der Waals surface area contributed by atoms with Crippen molar-refractivity contribution in [2.45, 2.75) is 83.0 Å². The zero-order chi connectivity index (χ0) is 18.9. The fourth-order valence-corrected chi connectivity index (χ4v) is 5.46. The van der Waals surface area contributed by atoms with Gasteiger partial charge in [0.1, 0.15) is 0 Å². The highest BCUT2D eigenvalue weighted by Gasteiger charge is 2.31. The Balaban J connectivity index is 1.36. The van der Waals surface area contributed by atoms with Gasteiger partial charge in [0.05, 0.1) is 18.0 Å². The van der Waals surface area contributed by atoms with Gasteiger partial charge in [0.25, 0.3) is 0 Å². The summed E-state index contributed by atoms with van der Waals surface area (Å²) in [5.41, 5.74) is 2.20. The summed E-state index contributed by atoms with van der Waals surface area (Å²) < 4.78 is 12.0. The molecule has 146 valence electrons. The molecule has 2 heteroatoms. The van der Waals surface area contributed by atoms with Gasteiger partial charge in [-0.25, -0.2) is 4.39 Å². The standard InChI is InChI=1S/C25H34FN/c26-18-4-2-1-3-5-20-6-10-22(11-7-20)24-14-16-25(17-15-24)23-12-8-21(19-27)9-13-23/h4,8-9,12-13,18,20,22,24-25H,1-3,5-7,10-11,14-17H2/t20-,22-,24-,25-. The summed E-state index contributed by atoms with van der Waals surface area (Å²) in [6.07, 6.45) is 18.1. The predicted octanol–water partition coefficient (Wildman–Crippen LogP) is 7.68. The zero-order valence-corrected chi connectivity index (χ0v) is 16.6. The molecule has 1 aromatic rings. The molecule has 0 saturated heterocycles. The third-order valence-corrected chi connectivity index (χ3v) is 7.16. The Morgan fingerprint density at radius 3 is 2.11 bits per heavy atom. The lowest BCUT2D eigenvalue weighted by atomic mass is 9.68. The van der Waals surface area contributed by atoms with Gasteiger partial charge in [0, 0.05) is 0 Å². The maximum atomic E-state index is 12.0. The SMILES string of the molecule is N#Cc1ccc([C@H]2CC[C@H]([C@H]3CC[C@H](CCCCC=CF)CC3)CC2)cc1. The quantitative estimate of drug-likeness (QED) is 0.453. The molecule has 27 heavy (non-hydrogen) atoms. The van der Waals surface area contributed by atoms with Crippen LogP contribution in [0.5, 0.6) is 0 Å². The lowest BCUT2D eigenvalue weighted by Crippen LogP contribution is -2.25. The van der Waals surface area contributed by atoms with E-state index in [-0.39, 0.29) is 0 Å². The monoisotopic (exact) mass is 367 g/mol. The second kappa shape index (κ2) is 10.6. The molecule has 0 aliphatic heterocycles. The Kier molecular flexibility index (Phi) is 7.93. The fourth-order valence-electron chi connectivity index (χ4n) is 5.46. The van der Waals surface area contributed by atoms with Crippen molar-refractivity contribution in [3.8, 4) is 6.07 Å². The first kappa shape index (κ1) is 20.1. The van der Waals surface area contributed by atoms with Crippen LogP contribution in [0.1, 0.15) is 94.1 Å². The van der Waals surface area contributed by atoms with Gasteiger partial charge in [-0.15, -0.1) is 0 Å². The zero-order valence-electron chi connectivity index (χ0n) is 16.6. The van der Waals surface area contributed by atoms with Crippen molar-refractivity contribution in [2.24, 2.45) is 17.8 Å². The van der Waals surface area contributed by atoms with Crippen LogP contribution in [-0.2, 0) is 0 Å². The van der Waals surface area contributed by atoms with E-state index in [1.165, 1.54) is 69.8 Å². The van der Waals surface area contributed by atoms with Crippen LogP contribution in [0.15, 0.2) is 36.7 Å². The number of allylic oxidation sites excluding steroid dienone is 1. The van der Waals surface area contributed by atoms with E-state index >= 15 is 0 Å². The first-order chi connectivity index (χ1) is 13.3. The molecule has 0 radical (unpaired) electrons. The van der Waals surface area contributed by atoms with E-state index in [0.717, 1.165) is 36.2 Å². The molecular formula is C25H34FN. The van der Waals surface area contributed by atoms with Gasteiger partial charge < -0.3 is 0 Å². The van der Waals surface area contributed by atoms with Crippen LogP contribution in [-0.4, -0.2) is 0 Å². The van der Waals surface area contributed by atoms with Gasteiger partial charge in [0.2, 0.25) is 0 Å². The lowest BCUT2D eigenvalue weighted by molar-refractivity contribution is 0.155. The molecule has 0 spiro atoms. The van der Waals surface area contributed by atoms with Crippen molar-refractivity contribution in [2.75, 3.05) is 0 Å². The van der Waals surface area contributed by atoms with Gasteiger partial charge in [0.15, 0.2) is 0 Å². The number of rotatable bonds is 7. The van der Waals surface area contributed by atoms with Crippen LogP contribution in [0.3, 0.4) is 0 Å². The molecule has 0 amide bonds. The van der Waals surface area contributed by atoms with Crippen molar-refractivity contribution < 1.29 is 4.39 Å². The van der Waals surface area contributed by atoms with Crippen LogP contribution >= 0.6 is 0 Å². The number of halogens is 1. The fraction of sp³-hybridized carbons (Fsp3) is 0.640. The van der Waals surface area contributed by atoms with Crippen LogP contribution in [0.4, 0.5) is 4.39 Å². The molecule has 1 aromatic carbocycles. The van der Waals surface area contributed by atoms with E-state index < -0.39 is 0 Å². The van der Waals surface area contributed by atoms with Crippen molar-refractivity contribution in [3.05, 3.63) is 47.8 Å². The molecule has 3 rings (SSSR count). The van der Waals surface area contributed by atoms with Crippen molar-refractivity contribution in [1.29, 1.82) is 5.26 Å². The van der Waals surface area contributed by atoms with Crippen molar-refractivity contribution in [3.63, 3.8) is 0 Å². The van der Waals surface area contributed by atoms with E-state index in [9.17, 15) is 4.39 Å². The molecular weight excluding hydrogens is 333 g/mol. The highest BCUT2D eigenvalue weighted by Crippen LogP contribution is 2.44. The Morgan fingerprint density at radius 2 is 1.52 bits per heavy atom. The summed E-state index contributed by atoms with van der Waals surface area (Å²) in [5.74, 6) is 3.52. The summed E-state index contributed by atoms with van der Waals surface area (Å²) in [5, 5.41) is 8.95. The van der Waals surface area contributed by atoms with E-state index in [4.69, 9.17) is 5.26 Å². The summed E-state index contributed by atoms with van der Waals surface area (Å²) in [6.45, 7) is 0. The topological polar surface area (TPSA) is 23.8 Å². The van der Waals surface area contributed by atoms with Crippen molar-refractivity contribution >= 4 is 0 Å². The van der Waals surface area contributed by atoms with Crippen molar-refractivity contribution in [1.82, 2.24) is 0 Å². The molecule has 1 nitrogen and oxygen atoms in total. The second-order valence-corrected chi connectivity index (χ2v) is 8.77. The molecule has 2 fully saturated rings. The number of nitriles is 1. The third-order valence-electron chi connectivity index (χ3n) is 7.16. The Labute approximate surface area is 164 Å². The minimum Gasteiger partial charge on any atom is -0.216 e. The molecule has 2 aliphatic carbocycles. The maximum absolute atomic E-state index is 12.0. The summed E-state index contributed by atoms with van der Waals surface area (Å²) >= 11 is 0. The van der Waals surface area contributed by atoms with E-state index in [2.05, 4.69) is 18.2 Å². The minimum absolute atomic E-state index is 0.682. The van der Waals surface area contributed by atoms with Gasteiger partial charge in [-0.3, -0.25) is 0 Å².